The molecule has 9 heteroatoms. The molecule has 3 heterocycles. The lowest BCUT2D eigenvalue weighted by Gasteiger charge is -2.35. The molecule has 0 radical (unpaired) electrons. The van der Waals surface area contributed by atoms with Crippen LogP contribution in [0.25, 0.3) is 11.1 Å². The van der Waals surface area contributed by atoms with Crippen molar-refractivity contribution in [3.05, 3.63) is 66.0 Å². The molecule has 0 atom stereocenters. The van der Waals surface area contributed by atoms with E-state index in [9.17, 15) is 15.5 Å². The second-order valence-corrected chi connectivity index (χ2v) is 10.2. The predicted molar refractivity (Wildman–Crippen MR) is 154 cm³/mol. The second kappa shape index (κ2) is 12.3. The third-order valence-electron chi connectivity index (χ3n) is 7.71. The topological polar surface area (TPSA) is 124 Å². The number of piperidine rings is 1. The summed E-state index contributed by atoms with van der Waals surface area (Å²) < 4.78 is 10.8. The number of nitrogens with one attached hydrogen (secondary N) is 2. The highest BCUT2D eigenvalue weighted by Gasteiger charge is 2.35. The van der Waals surface area contributed by atoms with Crippen LogP contribution in [-0.2, 0) is 9.47 Å². The molecule has 1 saturated heterocycles. The van der Waals surface area contributed by atoms with Gasteiger partial charge in [-0.05, 0) is 68.5 Å². The van der Waals surface area contributed by atoms with Crippen LogP contribution in [-0.4, -0.2) is 54.6 Å². The molecule has 1 saturated carbocycles. The Morgan fingerprint density at radius 2 is 1.93 bits per heavy atom. The van der Waals surface area contributed by atoms with Crippen LogP contribution in [0.5, 0.6) is 0 Å². The van der Waals surface area contributed by atoms with Gasteiger partial charge in [0.15, 0.2) is 5.69 Å². The smallest absolute Gasteiger partial charge is 0.357 e. The number of ether oxygens (including phenoxy) is 2. The normalized spacial score (nSPS) is 18.9. The summed E-state index contributed by atoms with van der Waals surface area (Å²) in [4.78, 5) is 24.5. The Bertz CT molecular complexity index is 1390. The Morgan fingerprint density at radius 3 is 2.55 bits per heavy atom. The standard InChI is InChI=1S/C31H34N6O3/c1-3-40-31(38)26-17-25(21-9-10-27(34-19-21)37-13-11-20(18-32)12-14-37)28(29(33)22-15-24(16-22)39-2)30(36-26)35-23-7-5-4-6-8-23/h4-10,17,19-20,22,24,33H,3,11-16H2,1-2H3,(H,35,36)/t22-,24+. The third-order valence-corrected chi connectivity index (χ3v) is 7.71. The molecule has 1 aliphatic carbocycles. The van der Waals surface area contributed by atoms with Gasteiger partial charge in [-0.2, -0.15) is 5.26 Å². The number of hydrogen-bond donors (Lipinski definition) is 2. The van der Waals surface area contributed by atoms with Crippen molar-refractivity contribution in [3.63, 3.8) is 0 Å². The van der Waals surface area contributed by atoms with E-state index in [-0.39, 0.29) is 30.2 Å². The summed E-state index contributed by atoms with van der Waals surface area (Å²) in [7, 11) is 1.70. The fourth-order valence-corrected chi connectivity index (χ4v) is 5.27. The van der Waals surface area contributed by atoms with Crippen molar-refractivity contribution in [2.45, 2.75) is 38.7 Å². The van der Waals surface area contributed by atoms with Crippen molar-refractivity contribution in [2.24, 2.45) is 11.8 Å². The average Bonchev–Trinajstić information content (AvgIpc) is 2.97. The first-order chi connectivity index (χ1) is 19.5. The zero-order chi connectivity index (χ0) is 28.1. The zero-order valence-corrected chi connectivity index (χ0v) is 22.9. The maximum Gasteiger partial charge on any atom is 0.357 e. The molecule has 2 fully saturated rings. The maximum atomic E-state index is 12.9. The first-order valence-corrected chi connectivity index (χ1v) is 13.8. The minimum atomic E-state index is -0.522. The Balaban J connectivity index is 1.57. The number of hydrogen-bond acceptors (Lipinski definition) is 9. The fourth-order valence-electron chi connectivity index (χ4n) is 5.27. The Morgan fingerprint density at radius 1 is 1.18 bits per heavy atom. The molecule has 0 bridgehead atoms. The Hall–Kier alpha value is -4.29. The molecule has 0 amide bonds. The number of para-hydroxylation sites is 1. The SMILES string of the molecule is CCOC(=O)c1cc(-c2ccc(N3CCC(C#N)CC3)nc2)c(C(=N)[C@H]2C[C@@H](OC)C2)c(Nc2ccccc2)n1. The lowest BCUT2D eigenvalue weighted by atomic mass is 9.75. The number of benzene rings is 1. The first kappa shape index (κ1) is 27.3. The number of methoxy groups -OCH3 is 1. The molecule has 0 spiro atoms. The van der Waals surface area contributed by atoms with Gasteiger partial charge in [-0.15, -0.1) is 0 Å². The highest BCUT2D eigenvalue weighted by molar-refractivity contribution is 6.11. The molecular formula is C31H34N6O3. The number of rotatable bonds is 9. The van der Waals surface area contributed by atoms with E-state index in [1.54, 1.807) is 26.3 Å². The van der Waals surface area contributed by atoms with Crippen LogP contribution in [0, 0.1) is 28.6 Å². The molecule has 206 valence electrons. The van der Waals surface area contributed by atoms with Crippen molar-refractivity contribution < 1.29 is 14.3 Å². The number of nitriles is 1. The van der Waals surface area contributed by atoms with E-state index in [1.807, 2.05) is 42.5 Å². The van der Waals surface area contributed by atoms with Gasteiger partial charge in [-0.25, -0.2) is 14.8 Å². The molecule has 9 nitrogen and oxygen atoms in total. The van der Waals surface area contributed by atoms with Crippen LogP contribution in [0.2, 0.25) is 0 Å². The summed E-state index contributed by atoms with van der Waals surface area (Å²) >= 11 is 0. The van der Waals surface area contributed by atoms with Crippen LogP contribution in [0.15, 0.2) is 54.7 Å². The van der Waals surface area contributed by atoms with Gasteiger partial charge in [-0.3, -0.25) is 0 Å². The van der Waals surface area contributed by atoms with Crippen molar-refractivity contribution >= 4 is 29.0 Å². The molecule has 3 aromatic rings. The quantitative estimate of drug-likeness (QED) is 0.267. The monoisotopic (exact) mass is 538 g/mol. The highest BCUT2D eigenvalue weighted by Crippen LogP contribution is 2.39. The number of pyridine rings is 2. The number of aromatic nitrogens is 2. The van der Waals surface area contributed by atoms with E-state index in [4.69, 9.17) is 14.5 Å². The molecule has 1 aliphatic heterocycles. The molecule has 2 aromatic heterocycles. The van der Waals surface area contributed by atoms with Gasteiger partial charge >= 0.3 is 5.97 Å². The summed E-state index contributed by atoms with van der Waals surface area (Å²) in [6.45, 7) is 3.57. The summed E-state index contributed by atoms with van der Waals surface area (Å²) in [6.07, 6.45) is 5.10. The van der Waals surface area contributed by atoms with Gasteiger partial charge in [0, 0.05) is 60.8 Å². The molecule has 2 N–H and O–H groups in total. The average molecular weight is 539 g/mol. The van der Waals surface area contributed by atoms with Gasteiger partial charge in [-0.1, -0.05) is 18.2 Å². The molecule has 1 aromatic carbocycles. The molecule has 5 rings (SSSR count). The van der Waals surface area contributed by atoms with Crippen molar-refractivity contribution in [2.75, 3.05) is 37.0 Å². The Labute approximate surface area is 234 Å². The van der Waals surface area contributed by atoms with Crippen LogP contribution in [0.3, 0.4) is 0 Å². The second-order valence-electron chi connectivity index (χ2n) is 10.2. The Kier molecular flexibility index (Phi) is 8.37. The first-order valence-electron chi connectivity index (χ1n) is 13.8. The minimum Gasteiger partial charge on any atom is -0.461 e. The number of carbonyl (C=O) groups excluding carboxylic acids is 1. The molecule has 40 heavy (non-hydrogen) atoms. The fraction of sp³-hybridized carbons (Fsp3) is 0.387. The lowest BCUT2D eigenvalue weighted by Crippen LogP contribution is -2.36. The van der Waals surface area contributed by atoms with Crippen molar-refractivity contribution in [1.82, 2.24) is 9.97 Å². The number of anilines is 3. The largest absolute Gasteiger partial charge is 0.461 e. The summed E-state index contributed by atoms with van der Waals surface area (Å²) in [5, 5.41) is 21.8. The van der Waals surface area contributed by atoms with Crippen LogP contribution in [0.4, 0.5) is 17.3 Å². The summed E-state index contributed by atoms with van der Waals surface area (Å²) in [6, 6.07) is 17.6. The molecule has 2 aliphatic rings. The molecular weight excluding hydrogens is 504 g/mol. The van der Waals surface area contributed by atoms with E-state index in [1.165, 1.54) is 0 Å². The van der Waals surface area contributed by atoms with Gasteiger partial charge in [0.25, 0.3) is 0 Å². The maximum absolute atomic E-state index is 12.9. The van der Waals surface area contributed by atoms with Gasteiger partial charge in [0.05, 0.1) is 18.8 Å². The van der Waals surface area contributed by atoms with Gasteiger partial charge in [0.1, 0.15) is 11.6 Å². The lowest BCUT2D eigenvalue weighted by molar-refractivity contribution is 0.0220. The number of carbonyl (C=O) groups is 1. The summed E-state index contributed by atoms with van der Waals surface area (Å²) in [5.74, 6) is 0.873. The van der Waals surface area contributed by atoms with Gasteiger partial charge in [0.2, 0.25) is 0 Å². The molecule has 0 unspecified atom stereocenters. The van der Waals surface area contributed by atoms with Crippen LogP contribution in [0.1, 0.15) is 48.7 Å². The minimum absolute atomic E-state index is 0.0175. The van der Waals surface area contributed by atoms with E-state index in [2.05, 4.69) is 21.3 Å². The summed E-state index contributed by atoms with van der Waals surface area (Å²) in [5.41, 5.74) is 3.53. The van der Waals surface area contributed by atoms with Crippen molar-refractivity contribution in [3.8, 4) is 17.2 Å². The van der Waals surface area contributed by atoms with Crippen LogP contribution >= 0.6 is 0 Å². The zero-order valence-electron chi connectivity index (χ0n) is 22.9. The van der Waals surface area contributed by atoms with Crippen molar-refractivity contribution in [1.29, 1.82) is 10.7 Å². The van der Waals surface area contributed by atoms with E-state index in [0.717, 1.165) is 55.8 Å². The van der Waals surface area contributed by atoms with E-state index >= 15 is 0 Å². The van der Waals surface area contributed by atoms with E-state index < -0.39 is 5.97 Å². The van der Waals surface area contributed by atoms with Gasteiger partial charge < -0.3 is 25.1 Å². The third kappa shape index (κ3) is 5.82. The van der Waals surface area contributed by atoms with E-state index in [0.29, 0.717) is 22.7 Å². The number of esters is 1. The number of nitrogens with zero attached hydrogens (tertiary/aromatic N) is 4. The predicted octanol–water partition coefficient (Wildman–Crippen LogP) is 5.60. The van der Waals surface area contributed by atoms with Crippen LogP contribution < -0.4 is 10.2 Å². The highest BCUT2D eigenvalue weighted by atomic mass is 16.5.